The highest BCUT2D eigenvalue weighted by molar-refractivity contribution is 7.20. The van der Waals surface area contributed by atoms with Crippen LogP contribution in [-0.4, -0.2) is 23.9 Å². The zero-order chi connectivity index (χ0) is 47.3. The van der Waals surface area contributed by atoms with Crippen LogP contribution in [0.15, 0.2) is 261 Å². The van der Waals surface area contributed by atoms with Crippen LogP contribution in [0.1, 0.15) is 0 Å². The minimum Gasteiger partial charge on any atom is -0.458 e. The van der Waals surface area contributed by atoms with Crippen LogP contribution in [0.3, 0.4) is 0 Å². The third-order valence-corrected chi connectivity index (χ3v) is 20.2. The van der Waals surface area contributed by atoms with Gasteiger partial charge >= 0.3 is 0 Å². The Bertz CT molecular complexity index is 4190. The molecule has 4 nitrogen and oxygen atoms in total. The quantitative estimate of drug-likeness (QED) is 0.118. The summed E-state index contributed by atoms with van der Waals surface area (Å²) in [6.07, 6.45) is 0. The predicted molar refractivity (Wildman–Crippen MR) is 302 cm³/mol. The first-order valence-corrected chi connectivity index (χ1v) is 26.8. The standard InChI is InChI=1S/C66H43BN2O2Si/c1-5-20-46(21-6-1)68-58-32-16-14-30-54(58)64-59(68)39-37-53-52-29-13-15-31-57(52)69(66(53)64)47-36-38-55-63(43-47)71-62-34-18-33-61-65(62)67(55)56-42-45(35-40-60(56)70-61)44-19-17-28-51(41-44)72(48-22-7-2-8-23-48,49-24-9-3-10-25-49)50-26-11-4-12-27-50/h1-43H. The Hall–Kier alpha value is -9.10. The van der Waals surface area contributed by atoms with Gasteiger partial charge in [0, 0.05) is 44.4 Å². The molecule has 0 fully saturated rings. The summed E-state index contributed by atoms with van der Waals surface area (Å²) in [5.74, 6) is 3.36. The number of para-hydroxylation sites is 3. The van der Waals surface area contributed by atoms with E-state index in [1.807, 2.05) is 6.07 Å². The molecule has 0 amide bonds. The molecule has 0 aliphatic carbocycles. The first-order valence-electron chi connectivity index (χ1n) is 24.8. The Morgan fingerprint density at radius 1 is 0.319 bits per heavy atom. The molecular formula is C66H43BN2O2Si. The van der Waals surface area contributed by atoms with Crippen molar-refractivity contribution in [3.63, 3.8) is 0 Å². The van der Waals surface area contributed by atoms with Crippen LogP contribution < -0.4 is 46.6 Å². The SMILES string of the molecule is c1ccc(-n2c3ccccc3c3c2ccc2c4ccccc4n(-c4ccc5c(c4)Oc4cccc6c4B5c4cc(-c5cccc([Si](c7ccccc7)(c7ccccc7)c7ccccc7)c5)ccc4O6)c23)cc1. The van der Waals surface area contributed by atoms with E-state index in [0.717, 1.165) is 61.8 Å². The molecule has 336 valence electrons. The Balaban J connectivity index is 0.906. The van der Waals surface area contributed by atoms with Crippen LogP contribution in [0.5, 0.6) is 23.0 Å². The zero-order valence-electron chi connectivity index (χ0n) is 39.1. The third kappa shape index (κ3) is 5.93. The van der Waals surface area contributed by atoms with Gasteiger partial charge in [0.2, 0.25) is 0 Å². The summed E-state index contributed by atoms with van der Waals surface area (Å²) in [7, 11) is -2.76. The monoisotopic (exact) mass is 934 g/mol. The van der Waals surface area contributed by atoms with Crippen molar-refractivity contribution in [2.45, 2.75) is 0 Å². The average Bonchev–Trinajstić information content (AvgIpc) is 3.97. The molecule has 13 aromatic rings. The van der Waals surface area contributed by atoms with Gasteiger partial charge in [0.25, 0.3) is 6.71 Å². The molecule has 0 radical (unpaired) electrons. The molecule has 2 aliphatic heterocycles. The van der Waals surface area contributed by atoms with E-state index in [1.165, 1.54) is 64.4 Å². The van der Waals surface area contributed by atoms with Gasteiger partial charge in [-0.3, -0.25) is 0 Å². The summed E-state index contributed by atoms with van der Waals surface area (Å²) in [5.41, 5.74) is 12.5. The van der Waals surface area contributed by atoms with Crippen LogP contribution in [0.25, 0.3) is 66.1 Å². The van der Waals surface area contributed by atoms with E-state index in [0.29, 0.717) is 0 Å². The second kappa shape index (κ2) is 16.0. The largest absolute Gasteiger partial charge is 0.458 e. The Morgan fingerprint density at radius 3 is 1.58 bits per heavy atom. The van der Waals surface area contributed by atoms with E-state index in [-0.39, 0.29) is 6.71 Å². The van der Waals surface area contributed by atoms with E-state index >= 15 is 0 Å². The van der Waals surface area contributed by atoms with Gasteiger partial charge in [-0.25, -0.2) is 0 Å². The van der Waals surface area contributed by atoms with Gasteiger partial charge < -0.3 is 18.6 Å². The van der Waals surface area contributed by atoms with Crippen LogP contribution in [0, 0.1) is 0 Å². The van der Waals surface area contributed by atoms with Gasteiger partial charge in [0.05, 0.1) is 22.1 Å². The molecule has 2 aromatic heterocycles. The summed E-state index contributed by atoms with van der Waals surface area (Å²) in [5, 5.41) is 10.3. The second-order valence-electron chi connectivity index (χ2n) is 19.1. The van der Waals surface area contributed by atoms with Crippen molar-refractivity contribution in [2.75, 3.05) is 0 Å². The molecule has 11 aromatic carbocycles. The summed E-state index contributed by atoms with van der Waals surface area (Å²) in [4.78, 5) is 0. The van der Waals surface area contributed by atoms with Gasteiger partial charge in [-0.2, -0.15) is 0 Å². The first kappa shape index (κ1) is 40.8. The highest BCUT2D eigenvalue weighted by atomic mass is 28.3. The molecule has 0 N–H and O–H groups in total. The molecule has 0 spiro atoms. The Morgan fingerprint density at radius 2 is 0.889 bits per heavy atom. The molecule has 6 heteroatoms. The molecule has 4 heterocycles. The van der Waals surface area contributed by atoms with E-state index in [2.05, 4.69) is 264 Å². The predicted octanol–water partition coefficient (Wildman–Crippen LogP) is 11.7. The van der Waals surface area contributed by atoms with Crippen LogP contribution in [0.4, 0.5) is 0 Å². The fourth-order valence-corrected chi connectivity index (χ4v) is 17.2. The topological polar surface area (TPSA) is 28.3 Å². The van der Waals surface area contributed by atoms with Gasteiger partial charge in [0.15, 0.2) is 8.07 Å². The fraction of sp³-hybridized carbons (Fsp3) is 0. The van der Waals surface area contributed by atoms with Gasteiger partial charge in [-0.15, -0.1) is 0 Å². The molecule has 0 bridgehead atoms. The molecule has 72 heavy (non-hydrogen) atoms. The van der Waals surface area contributed by atoms with Crippen LogP contribution in [0.2, 0.25) is 0 Å². The molecule has 0 saturated carbocycles. The number of aromatic nitrogens is 2. The lowest BCUT2D eigenvalue weighted by Crippen LogP contribution is -2.74. The second-order valence-corrected chi connectivity index (χ2v) is 22.9. The number of fused-ring (bicyclic) bond motifs is 11. The highest BCUT2D eigenvalue weighted by Crippen LogP contribution is 2.43. The normalized spacial score (nSPS) is 12.6. The fourth-order valence-electron chi connectivity index (χ4n) is 12.4. The van der Waals surface area contributed by atoms with E-state index in [9.17, 15) is 0 Å². The van der Waals surface area contributed by atoms with Crippen molar-refractivity contribution in [3.05, 3.63) is 261 Å². The minimum absolute atomic E-state index is 0.110. The van der Waals surface area contributed by atoms with E-state index < -0.39 is 8.07 Å². The molecule has 2 aliphatic rings. The lowest BCUT2D eigenvalue weighted by Gasteiger charge is -2.35. The minimum atomic E-state index is -2.76. The molecule has 15 rings (SSSR count). The van der Waals surface area contributed by atoms with Crippen molar-refractivity contribution in [1.29, 1.82) is 0 Å². The smallest absolute Gasteiger partial charge is 0.260 e. The summed E-state index contributed by atoms with van der Waals surface area (Å²) in [6, 6.07) is 95.5. The van der Waals surface area contributed by atoms with Crippen molar-refractivity contribution in [1.82, 2.24) is 9.13 Å². The average molecular weight is 935 g/mol. The highest BCUT2D eigenvalue weighted by Gasteiger charge is 2.43. The number of benzene rings is 11. The van der Waals surface area contributed by atoms with E-state index in [4.69, 9.17) is 9.47 Å². The number of hydrogen-bond donors (Lipinski definition) is 0. The van der Waals surface area contributed by atoms with Gasteiger partial charge in [-0.05, 0) is 97.4 Å². The Kier molecular flexibility index (Phi) is 9.04. The third-order valence-electron chi connectivity index (χ3n) is 15.4. The van der Waals surface area contributed by atoms with Crippen molar-refractivity contribution in [3.8, 4) is 45.5 Å². The maximum absolute atomic E-state index is 7.02. The van der Waals surface area contributed by atoms with Crippen molar-refractivity contribution in [2.24, 2.45) is 0 Å². The lowest BCUT2D eigenvalue weighted by molar-refractivity contribution is 0.464. The molecular weight excluding hydrogens is 892 g/mol. The summed E-state index contributed by atoms with van der Waals surface area (Å²) >= 11 is 0. The zero-order valence-corrected chi connectivity index (χ0v) is 40.1. The summed E-state index contributed by atoms with van der Waals surface area (Å²) < 4.78 is 18.7. The van der Waals surface area contributed by atoms with Crippen molar-refractivity contribution >= 4 is 95.5 Å². The number of ether oxygens (including phenoxy) is 2. The van der Waals surface area contributed by atoms with Gasteiger partial charge in [0.1, 0.15) is 23.0 Å². The molecule has 0 atom stereocenters. The van der Waals surface area contributed by atoms with Crippen LogP contribution in [-0.2, 0) is 0 Å². The maximum atomic E-state index is 7.02. The maximum Gasteiger partial charge on any atom is 0.260 e. The first-order chi connectivity index (χ1) is 35.7. The van der Waals surface area contributed by atoms with Gasteiger partial charge in [-0.1, -0.05) is 200 Å². The van der Waals surface area contributed by atoms with Crippen LogP contribution >= 0.6 is 0 Å². The number of nitrogens with zero attached hydrogens (tertiary/aromatic N) is 2. The number of rotatable bonds is 7. The molecule has 0 unspecified atom stereocenters. The number of hydrogen-bond acceptors (Lipinski definition) is 2. The lowest BCUT2D eigenvalue weighted by atomic mass is 9.34. The Labute approximate surface area is 418 Å². The van der Waals surface area contributed by atoms with E-state index in [1.54, 1.807) is 0 Å². The molecule has 0 saturated heterocycles. The van der Waals surface area contributed by atoms with Crippen molar-refractivity contribution < 1.29 is 9.47 Å². The summed E-state index contributed by atoms with van der Waals surface area (Å²) in [6.45, 7) is -0.110.